The molecule has 2 N–H and O–H groups in total. The molecule has 0 radical (unpaired) electrons. The molecule has 34 heavy (non-hydrogen) atoms. The first kappa shape index (κ1) is 25.0. The van der Waals surface area contributed by atoms with Crippen molar-refractivity contribution in [3.8, 4) is 11.5 Å². The molecular weight excluding hydrogens is 483 g/mol. The molecule has 6 nitrogen and oxygen atoms in total. The molecule has 0 aromatic heterocycles. The number of anilines is 1. The maximum Gasteiger partial charge on any atom is 0.416 e. The van der Waals surface area contributed by atoms with E-state index in [0.717, 1.165) is 30.3 Å². The van der Waals surface area contributed by atoms with Crippen LogP contribution in [0, 0.1) is 11.6 Å². The van der Waals surface area contributed by atoms with Gasteiger partial charge >= 0.3 is 6.18 Å². The molecule has 0 unspecified atom stereocenters. The van der Waals surface area contributed by atoms with E-state index in [1.807, 2.05) is 0 Å². The van der Waals surface area contributed by atoms with E-state index in [4.69, 9.17) is 4.74 Å². The van der Waals surface area contributed by atoms with Crippen LogP contribution in [0.4, 0.5) is 27.6 Å². The molecule has 3 aromatic carbocycles. The Morgan fingerprint density at radius 3 is 2.12 bits per heavy atom. The minimum Gasteiger partial charge on any atom is -0.456 e. The van der Waals surface area contributed by atoms with E-state index < -0.39 is 44.2 Å². The number of amides is 1. The lowest BCUT2D eigenvalue weighted by Crippen LogP contribution is -2.23. The van der Waals surface area contributed by atoms with Crippen LogP contribution in [0.2, 0.25) is 0 Å². The minimum atomic E-state index is -4.63. The highest BCUT2D eigenvalue weighted by molar-refractivity contribution is 7.92. The van der Waals surface area contributed by atoms with Gasteiger partial charge in [-0.05, 0) is 49.4 Å². The number of rotatable bonds is 7. The summed E-state index contributed by atoms with van der Waals surface area (Å²) in [6.45, 7) is 1.85. The van der Waals surface area contributed by atoms with Crippen LogP contribution in [0.25, 0.3) is 0 Å². The third kappa shape index (κ3) is 6.01. The summed E-state index contributed by atoms with van der Waals surface area (Å²) in [5.41, 5.74) is -1.27. The molecule has 0 heterocycles. The molecule has 0 atom stereocenters. The van der Waals surface area contributed by atoms with Crippen molar-refractivity contribution in [3.05, 3.63) is 83.4 Å². The summed E-state index contributed by atoms with van der Waals surface area (Å²) in [6, 6.07) is 8.82. The van der Waals surface area contributed by atoms with Crippen molar-refractivity contribution in [2.24, 2.45) is 0 Å². The zero-order valence-corrected chi connectivity index (χ0v) is 18.2. The Morgan fingerprint density at radius 1 is 0.941 bits per heavy atom. The largest absolute Gasteiger partial charge is 0.456 e. The fourth-order valence-electron chi connectivity index (χ4n) is 2.87. The minimum absolute atomic E-state index is 0.0982. The predicted molar refractivity (Wildman–Crippen MR) is 113 cm³/mol. The Hall–Kier alpha value is -3.67. The lowest BCUT2D eigenvalue weighted by atomic mass is 10.1. The third-order valence-electron chi connectivity index (χ3n) is 4.37. The van der Waals surface area contributed by atoms with Gasteiger partial charge in [0.2, 0.25) is 0 Å². The zero-order chi connectivity index (χ0) is 25.1. The van der Waals surface area contributed by atoms with Crippen molar-refractivity contribution in [3.63, 3.8) is 0 Å². The normalized spacial score (nSPS) is 11.7. The Morgan fingerprint density at radius 2 is 1.56 bits per heavy atom. The Bertz CT molecular complexity index is 1290. The fraction of sp³-hybridized carbons (Fsp3) is 0.136. The van der Waals surface area contributed by atoms with E-state index in [-0.39, 0.29) is 29.3 Å². The van der Waals surface area contributed by atoms with Crippen molar-refractivity contribution in [1.29, 1.82) is 0 Å². The van der Waals surface area contributed by atoms with Crippen LogP contribution in [-0.2, 0) is 16.2 Å². The molecular formula is C22H17F5N2O4S. The number of hydrogen-bond donors (Lipinski definition) is 2. The molecule has 3 rings (SSSR count). The smallest absolute Gasteiger partial charge is 0.416 e. The number of sulfonamides is 1. The summed E-state index contributed by atoms with van der Waals surface area (Å²) in [7, 11) is -4.30. The van der Waals surface area contributed by atoms with Crippen molar-refractivity contribution in [1.82, 2.24) is 5.32 Å². The molecule has 0 saturated carbocycles. The topological polar surface area (TPSA) is 84.5 Å². The van der Waals surface area contributed by atoms with E-state index in [9.17, 15) is 35.2 Å². The average Bonchev–Trinajstić information content (AvgIpc) is 2.73. The molecule has 180 valence electrons. The maximum absolute atomic E-state index is 13.5. The average molecular weight is 500 g/mol. The van der Waals surface area contributed by atoms with Crippen LogP contribution < -0.4 is 14.8 Å². The number of alkyl halides is 3. The molecule has 0 fully saturated rings. The standard InChI is InChI=1S/C22H17F5N2O4S/c1-2-28-21(30)19-12-16(5-8-20(19)33-17-10-14(23)9-15(24)11-17)29-34(31,32)18-6-3-13(4-7-18)22(25,26)27/h3-12,29H,2H2,1H3,(H,28,30). The third-order valence-corrected chi connectivity index (χ3v) is 5.77. The van der Waals surface area contributed by atoms with Crippen LogP contribution in [-0.4, -0.2) is 20.9 Å². The first-order valence-corrected chi connectivity index (χ1v) is 11.1. The van der Waals surface area contributed by atoms with Gasteiger partial charge in [-0.15, -0.1) is 0 Å². The van der Waals surface area contributed by atoms with Gasteiger partial charge < -0.3 is 10.1 Å². The summed E-state index contributed by atoms with van der Waals surface area (Å²) in [4.78, 5) is 12.1. The Labute approximate surface area is 191 Å². The summed E-state index contributed by atoms with van der Waals surface area (Å²) in [5.74, 6) is -2.83. The molecule has 12 heteroatoms. The second-order valence-electron chi connectivity index (χ2n) is 6.91. The van der Waals surface area contributed by atoms with Crippen molar-refractivity contribution in [2.45, 2.75) is 18.0 Å². The molecule has 0 bridgehead atoms. The molecule has 1 amide bonds. The van der Waals surface area contributed by atoms with Crippen molar-refractivity contribution in [2.75, 3.05) is 11.3 Å². The highest BCUT2D eigenvalue weighted by Gasteiger charge is 2.30. The highest BCUT2D eigenvalue weighted by Crippen LogP contribution is 2.32. The van der Waals surface area contributed by atoms with Gasteiger partial charge in [0, 0.05) is 30.4 Å². The lowest BCUT2D eigenvalue weighted by Gasteiger charge is -2.14. The van der Waals surface area contributed by atoms with E-state index in [1.54, 1.807) is 6.92 Å². The van der Waals surface area contributed by atoms with E-state index in [2.05, 4.69) is 10.0 Å². The predicted octanol–water partition coefficient (Wildman–Crippen LogP) is 5.33. The van der Waals surface area contributed by atoms with Gasteiger partial charge in [-0.25, -0.2) is 17.2 Å². The number of carbonyl (C=O) groups is 1. The van der Waals surface area contributed by atoms with Crippen LogP contribution in [0.15, 0.2) is 65.6 Å². The summed E-state index contributed by atoms with van der Waals surface area (Å²) < 4.78 is 98.0. The van der Waals surface area contributed by atoms with Gasteiger partial charge in [0.05, 0.1) is 16.0 Å². The van der Waals surface area contributed by atoms with E-state index >= 15 is 0 Å². The summed E-state index contributed by atoms with van der Waals surface area (Å²) in [5, 5.41) is 2.50. The van der Waals surface area contributed by atoms with Gasteiger partial charge in [0.15, 0.2) is 0 Å². The number of hydrogen-bond acceptors (Lipinski definition) is 4. The second kappa shape index (κ2) is 9.67. The summed E-state index contributed by atoms with van der Waals surface area (Å²) in [6.07, 6.45) is -4.63. The van der Waals surface area contributed by atoms with Crippen LogP contribution >= 0.6 is 0 Å². The summed E-state index contributed by atoms with van der Waals surface area (Å²) >= 11 is 0. The first-order chi connectivity index (χ1) is 15.9. The van der Waals surface area contributed by atoms with E-state index in [0.29, 0.717) is 18.2 Å². The maximum atomic E-state index is 13.5. The van der Waals surface area contributed by atoms with Crippen LogP contribution in [0.3, 0.4) is 0 Å². The van der Waals surface area contributed by atoms with Gasteiger partial charge in [0.1, 0.15) is 23.1 Å². The van der Waals surface area contributed by atoms with E-state index in [1.165, 1.54) is 12.1 Å². The van der Waals surface area contributed by atoms with Gasteiger partial charge in [-0.1, -0.05) is 0 Å². The number of carbonyl (C=O) groups excluding carboxylic acids is 1. The Balaban J connectivity index is 1.93. The van der Waals surface area contributed by atoms with Crippen LogP contribution in [0.5, 0.6) is 11.5 Å². The zero-order valence-electron chi connectivity index (χ0n) is 17.4. The molecule has 0 aliphatic carbocycles. The van der Waals surface area contributed by atoms with Crippen LogP contribution in [0.1, 0.15) is 22.8 Å². The SMILES string of the molecule is CCNC(=O)c1cc(NS(=O)(=O)c2ccc(C(F)(F)F)cc2)ccc1Oc1cc(F)cc(F)c1. The number of ether oxygens (including phenoxy) is 1. The number of nitrogens with one attached hydrogen (secondary N) is 2. The van der Waals surface area contributed by atoms with Gasteiger partial charge in [-0.2, -0.15) is 13.2 Å². The molecule has 0 aliphatic heterocycles. The molecule has 0 spiro atoms. The molecule has 0 aliphatic rings. The van der Waals surface area contributed by atoms with Gasteiger partial charge in [0.25, 0.3) is 15.9 Å². The highest BCUT2D eigenvalue weighted by atomic mass is 32.2. The number of benzene rings is 3. The first-order valence-electron chi connectivity index (χ1n) is 9.65. The van der Waals surface area contributed by atoms with Gasteiger partial charge in [-0.3, -0.25) is 9.52 Å². The van der Waals surface area contributed by atoms with Crippen molar-refractivity contribution < 1.29 is 39.9 Å². The molecule has 3 aromatic rings. The lowest BCUT2D eigenvalue weighted by molar-refractivity contribution is -0.137. The van der Waals surface area contributed by atoms with Crippen molar-refractivity contribution >= 4 is 21.6 Å². The molecule has 0 saturated heterocycles. The number of halogens is 5. The quantitative estimate of drug-likeness (QED) is 0.430. The Kier molecular flexibility index (Phi) is 7.10. The fourth-order valence-corrected chi connectivity index (χ4v) is 3.92. The monoisotopic (exact) mass is 500 g/mol. The second-order valence-corrected chi connectivity index (χ2v) is 8.59.